The van der Waals surface area contributed by atoms with Gasteiger partial charge in [0, 0.05) is 30.3 Å². The molecule has 1 aliphatic heterocycles. The summed E-state index contributed by atoms with van der Waals surface area (Å²) >= 11 is 12.8. The van der Waals surface area contributed by atoms with Gasteiger partial charge in [0.15, 0.2) is 0 Å². The van der Waals surface area contributed by atoms with E-state index in [2.05, 4.69) is 15.3 Å². The molecule has 2 heterocycles. The summed E-state index contributed by atoms with van der Waals surface area (Å²) in [5, 5.41) is 4.51. The Morgan fingerprint density at radius 2 is 1.86 bits per heavy atom. The summed E-state index contributed by atoms with van der Waals surface area (Å²) in [5.74, 6) is 0.884. The minimum Gasteiger partial charge on any atom is -0.497 e. The van der Waals surface area contributed by atoms with Crippen molar-refractivity contribution in [2.45, 2.75) is 25.7 Å². The Bertz CT molecular complexity index is 1130. The molecule has 0 radical (unpaired) electrons. The van der Waals surface area contributed by atoms with Crippen LogP contribution in [0, 0.1) is 17.8 Å². The molecule has 184 valence electrons. The van der Waals surface area contributed by atoms with Crippen LogP contribution < -0.4 is 15.8 Å². The number of aromatic nitrogens is 2. The number of piperidine rings is 1. The number of hydrogen-bond acceptors (Lipinski definition) is 5. The minimum absolute atomic E-state index is 0.0128. The van der Waals surface area contributed by atoms with Crippen molar-refractivity contribution in [3.05, 3.63) is 76.3 Å². The number of nitrogens with two attached hydrogens (primary N) is 1. The normalized spacial score (nSPS) is 17.5. The predicted octanol–water partition coefficient (Wildman–Crippen LogP) is 4.96. The molecule has 0 bridgehead atoms. The molecule has 3 unspecified atom stereocenters. The maximum atomic E-state index is 12.8. The standard InChI is InChI=1S/C27H30Cl2N4O2/c1-35-21-9-7-17(8-10-21)20-15-32-25(33-16-20)13-23(27(30)34)22(19-5-3-11-31-14-19)12-18-4-2-6-24(28)26(18)29/h2,4,6-10,15-16,19,22-23,31H,3,5,11-14H2,1H3,(H2,30,34). The fraction of sp³-hybridized carbons (Fsp3) is 0.370. The molecule has 0 aliphatic carbocycles. The van der Waals surface area contributed by atoms with E-state index in [1.165, 1.54) is 0 Å². The zero-order chi connectivity index (χ0) is 24.8. The second-order valence-corrected chi connectivity index (χ2v) is 9.80. The SMILES string of the molecule is COc1ccc(-c2cnc(CC(C(N)=O)C(Cc3cccc(Cl)c3Cl)C3CCCNC3)nc2)cc1. The van der Waals surface area contributed by atoms with Gasteiger partial charge < -0.3 is 15.8 Å². The molecule has 1 aromatic heterocycles. The van der Waals surface area contributed by atoms with Crippen LogP contribution in [0.3, 0.4) is 0 Å². The van der Waals surface area contributed by atoms with E-state index in [0.29, 0.717) is 28.7 Å². The Balaban J connectivity index is 1.58. The number of carbonyl (C=O) groups excluding carboxylic acids is 1. The van der Waals surface area contributed by atoms with Crippen molar-refractivity contribution >= 4 is 29.1 Å². The highest BCUT2D eigenvalue weighted by molar-refractivity contribution is 6.42. The van der Waals surface area contributed by atoms with Crippen molar-refractivity contribution in [2.75, 3.05) is 20.2 Å². The Kier molecular flexibility index (Phi) is 8.60. The average Bonchev–Trinajstić information content (AvgIpc) is 2.89. The van der Waals surface area contributed by atoms with E-state index in [-0.39, 0.29) is 17.7 Å². The molecule has 1 fully saturated rings. The largest absolute Gasteiger partial charge is 0.497 e. The number of rotatable bonds is 9. The summed E-state index contributed by atoms with van der Waals surface area (Å²) in [5.41, 5.74) is 8.79. The first-order chi connectivity index (χ1) is 17.0. The van der Waals surface area contributed by atoms with Gasteiger partial charge in [-0.1, -0.05) is 47.5 Å². The monoisotopic (exact) mass is 512 g/mol. The van der Waals surface area contributed by atoms with Crippen LogP contribution in [0.15, 0.2) is 54.9 Å². The van der Waals surface area contributed by atoms with Gasteiger partial charge in [0.05, 0.1) is 17.2 Å². The molecule has 1 saturated heterocycles. The van der Waals surface area contributed by atoms with E-state index in [9.17, 15) is 4.79 Å². The molecule has 8 heteroatoms. The molecule has 4 rings (SSSR count). The maximum absolute atomic E-state index is 12.8. The molecule has 0 saturated carbocycles. The third-order valence-electron chi connectivity index (χ3n) is 6.84. The summed E-state index contributed by atoms with van der Waals surface area (Å²) in [6.45, 7) is 1.82. The molecular weight excluding hydrogens is 483 g/mol. The van der Waals surface area contributed by atoms with E-state index < -0.39 is 5.92 Å². The zero-order valence-corrected chi connectivity index (χ0v) is 21.2. The van der Waals surface area contributed by atoms with Gasteiger partial charge in [0.2, 0.25) is 5.91 Å². The Hall–Kier alpha value is -2.67. The van der Waals surface area contributed by atoms with Crippen molar-refractivity contribution < 1.29 is 9.53 Å². The smallest absolute Gasteiger partial charge is 0.221 e. The number of benzene rings is 2. The van der Waals surface area contributed by atoms with Gasteiger partial charge in [-0.05, 0) is 73.5 Å². The van der Waals surface area contributed by atoms with Gasteiger partial charge in [-0.2, -0.15) is 0 Å². The van der Waals surface area contributed by atoms with Gasteiger partial charge in [-0.3, -0.25) is 4.79 Å². The fourth-order valence-corrected chi connectivity index (χ4v) is 5.29. The quantitative estimate of drug-likeness (QED) is 0.422. The first kappa shape index (κ1) is 25.4. The van der Waals surface area contributed by atoms with E-state index in [0.717, 1.165) is 48.4 Å². The Labute approximate surface area is 216 Å². The first-order valence-corrected chi connectivity index (χ1v) is 12.6. The van der Waals surface area contributed by atoms with Crippen molar-refractivity contribution in [1.29, 1.82) is 0 Å². The second-order valence-electron chi connectivity index (χ2n) is 9.02. The number of ether oxygens (including phenoxy) is 1. The lowest BCUT2D eigenvalue weighted by Crippen LogP contribution is -2.42. The molecule has 3 atom stereocenters. The number of halogens is 2. The molecule has 0 spiro atoms. The third kappa shape index (κ3) is 6.31. The van der Waals surface area contributed by atoms with E-state index in [4.69, 9.17) is 33.7 Å². The van der Waals surface area contributed by atoms with E-state index in [1.807, 2.05) is 36.4 Å². The first-order valence-electron chi connectivity index (χ1n) is 11.8. The van der Waals surface area contributed by atoms with Crippen LogP contribution >= 0.6 is 23.2 Å². The molecule has 3 N–H and O–H groups in total. The summed E-state index contributed by atoms with van der Waals surface area (Å²) in [4.78, 5) is 21.9. The highest BCUT2D eigenvalue weighted by Gasteiger charge is 2.35. The topological polar surface area (TPSA) is 90.1 Å². The Morgan fingerprint density at radius 3 is 2.49 bits per heavy atom. The Morgan fingerprint density at radius 1 is 1.11 bits per heavy atom. The summed E-state index contributed by atoms with van der Waals surface area (Å²) < 4.78 is 5.22. The predicted molar refractivity (Wildman–Crippen MR) is 140 cm³/mol. The van der Waals surface area contributed by atoms with Crippen LogP contribution in [0.2, 0.25) is 10.0 Å². The number of primary amides is 1. The molecule has 1 aliphatic rings. The molecule has 3 aromatic rings. The van der Waals surface area contributed by atoms with E-state index in [1.54, 1.807) is 25.6 Å². The van der Waals surface area contributed by atoms with Crippen LogP contribution in [0.25, 0.3) is 11.1 Å². The summed E-state index contributed by atoms with van der Waals surface area (Å²) in [6.07, 6.45) is 6.64. The summed E-state index contributed by atoms with van der Waals surface area (Å²) in [7, 11) is 1.64. The van der Waals surface area contributed by atoms with Crippen molar-refractivity contribution in [3.8, 4) is 16.9 Å². The lowest BCUT2D eigenvalue weighted by molar-refractivity contribution is -0.124. The number of methoxy groups -OCH3 is 1. The van der Waals surface area contributed by atoms with Gasteiger partial charge >= 0.3 is 0 Å². The molecule has 2 aromatic carbocycles. The maximum Gasteiger partial charge on any atom is 0.221 e. The van der Waals surface area contributed by atoms with Gasteiger partial charge in [-0.25, -0.2) is 9.97 Å². The highest BCUT2D eigenvalue weighted by atomic mass is 35.5. The van der Waals surface area contributed by atoms with Crippen LogP contribution in [-0.2, 0) is 17.6 Å². The number of hydrogen-bond donors (Lipinski definition) is 2. The average molecular weight is 513 g/mol. The van der Waals surface area contributed by atoms with Gasteiger partial charge in [0.25, 0.3) is 0 Å². The highest BCUT2D eigenvalue weighted by Crippen LogP contribution is 2.35. The number of amides is 1. The third-order valence-corrected chi connectivity index (χ3v) is 7.70. The number of carbonyl (C=O) groups is 1. The van der Waals surface area contributed by atoms with Gasteiger partial charge in [0.1, 0.15) is 11.6 Å². The van der Waals surface area contributed by atoms with Crippen molar-refractivity contribution in [2.24, 2.45) is 23.5 Å². The second kappa shape index (κ2) is 11.8. The van der Waals surface area contributed by atoms with Crippen LogP contribution in [0.1, 0.15) is 24.2 Å². The zero-order valence-electron chi connectivity index (χ0n) is 19.7. The van der Waals surface area contributed by atoms with Crippen molar-refractivity contribution in [1.82, 2.24) is 15.3 Å². The minimum atomic E-state index is -0.429. The molecule has 6 nitrogen and oxygen atoms in total. The van der Waals surface area contributed by atoms with E-state index >= 15 is 0 Å². The van der Waals surface area contributed by atoms with Gasteiger partial charge in [-0.15, -0.1) is 0 Å². The van der Waals surface area contributed by atoms with Crippen LogP contribution in [0.4, 0.5) is 0 Å². The number of nitrogens with one attached hydrogen (secondary N) is 1. The molecular formula is C27H30Cl2N4O2. The molecule has 35 heavy (non-hydrogen) atoms. The van der Waals surface area contributed by atoms with Crippen molar-refractivity contribution in [3.63, 3.8) is 0 Å². The lowest BCUT2D eigenvalue weighted by atomic mass is 9.73. The fourth-order valence-electron chi connectivity index (χ4n) is 4.89. The van der Waals surface area contributed by atoms with Crippen LogP contribution in [0.5, 0.6) is 5.75 Å². The lowest BCUT2D eigenvalue weighted by Gasteiger charge is -2.35. The molecule has 1 amide bonds. The van der Waals surface area contributed by atoms with Crippen LogP contribution in [-0.4, -0.2) is 36.1 Å². The number of nitrogens with zero attached hydrogens (tertiary/aromatic N) is 2. The summed E-state index contributed by atoms with van der Waals surface area (Å²) in [6, 6.07) is 13.4.